The summed E-state index contributed by atoms with van der Waals surface area (Å²) < 4.78 is 8.24. The number of para-hydroxylation sites is 1. The van der Waals surface area contributed by atoms with E-state index < -0.39 is 5.97 Å². The number of halogens is 1. The Labute approximate surface area is 162 Å². The molecular formula is C18H13ClN4O3S. The van der Waals surface area contributed by atoms with Gasteiger partial charge in [-0.1, -0.05) is 29.8 Å². The number of fused-ring (bicyclic) bond motifs is 1. The summed E-state index contributed by atoms with van der Waals surface area (Å²) in [7, 11) is 0. The van der Waals surface area contributed by atoms with Crippen LogP contribution in [0.25, 0.3) is 10.6 Å². The van der Waals surface area contributed by atoms with E-state index in [9.17, 15) is 9.59 Å². The molecule has 0 saturated heterocycles. The van der Waals surface area contributed by atoms with Crippen LogP contribution < -0.4 is 5.56 Å². The van der Waals surface area contributed by atoms with Crippen LogP contribution in [0.2, 0.25) is 5.15 Å². The summed E-state index contributed by atoms with van der Waals surface area (Å²) in [5.41, 5.74) is 1.53. The number of rotatable bonds is 4. The van der Waals surface area contributed by atoms with E-state index in [4.69, 9.17) is 16.3 Å². The zero-order chi connectivity index (χ0) is 19.0. The van der Waals surface area contributed by atoms with E-state index in [2.05, 4.69) is 10.1 Å². The number of hydrogen-bond donors (Lipinski definition) is 0. The van der Waals surface area contributed by atoms with Gasteiger partial charge in [0.25, 0.3) is 5.56 Å². The molecular weight excluding hydrogens is 388 g/mol. The SMILES string of the molecule is Cc1nn(-c2ccccc2)c(Cl)c1C(=O)OCc1cc(=O)n2ccsc2n1. The number of carbonyl (C=O) groups is 1. The zero-order valence-corrected chi connectivity index (χ0v) is 15.7. The highest BCUT2D eigenvalue weighted by Gasteiger charge is 2.22. The Morgan fingerprint density at radius 3 is 2.85 bits per heavy atom. The molecule has 4 rings (SSSR count). The largest absolute Gasteiger partial charge is 0.455 e. The summed E-state index contributed by atoms with van der Waals surface area (Å²) in [6.07, 6.45) is 1.65. The van der Waals surface area contributed by atoms with Crippen LogP contribution in [0.1, 0.15) is 21.7 Å². The fourth-order valence-corrected chi connectivity index (χ4v) is 3.73. The number of esters is 1. The number of carbonyl (C=O) groups excluding carboxylic acids is 1. The minimum atomic E-state index is -0.618. The van der Waals surface area contributed by atoms with Crippen molar-refractivity contribution in [3.8, 4) is 5.69 Å². The maximum atomic E-state index is 12.5. The normalized spacial score (nSPS) is 11.0. The number of aryl methyl sites for hydroxylation is 1. The number of aromatic nitrogens is 4. The van der Waals surface area contributed by atoms with Gasteiger partial charge in [-0.2, -0.15) is 5.10 Å². The Bertz CT molecular complexity index is 1200. The van der Waals surface area contributed by atoms with Crippen LogP contribution in [0.15, 0.2) is 52.8 Å². The lowest BCUT2D eigenvalue weighted by Gasteiger charge is -2.05. The summed E-state index contributed by atoms with van der Waals surface area (Å²) >= 11 is 7.69. The van der Waals surface area contributed by atoms with Crippen molar-refractivity contribution in [1.82, 2.24) is 19.2 Å². The Morgan fingerprint density at radius 2 is 2.07 bits per heavy atom. The molecule has 0 radical (unpaired) electrons. The lowest BCUT2D eigenvalue weighted by Crippen LogP contribution is -2.15. The number of hydrogen-bond acceptors (Lipinski definition) is 6. The molecule has 0 amide bonds. The van der Waals surface area contributed by atoms with Gasteiger partial charge in [-0.05, 0) is 19.1 Å². The van der Waals surface area contributed by atoms with Crippen LogP contribution >= 0.6 is 22.9 Å². The van der Waals surface area contributed by atoms with Gasteiger partial charge in [0.1, 0.15) is 17.3 Å². The maximum Gasteiger partial charge on any atom is 0.343 e. The predicted octanol–water partition coefficient (Wildman–Crippen LogP) is 3.26. The van der Waals surface area contributed by atoms with Crippen molar-refractivity contribution in [3.05, 3.63) is 80.4 Å². The molecule has 3 heterocycles. The minimum Gasteiger partial charge on any atom is -0.455 e. The van der Waals surface area contributed by atoms with Crippen LogP contribution in [0.3, 0.4) is 0 Å². The molecule has 0 aliphatic heterocycles. The second kappa shape index (κ2) is 6.98. The van der Waals surface area contributed by atoms with E-state index in [-0.39, 0.29) is 22.9 Å². The van der Waals surface area contributed by atoms with Crippen molar-refractivity contribution in [2.45, 2.75) is 13.5 Å². The summed E-state index contributed by atoms with van der Waals surface area (Å²) in [5, 5.41) is 6.26. The van der Waals surface area contributed by atoms with Crippen molar-refractivity contribution < 1.29 is 9.53 Å². The van der Waals surface area contributed by atoms with Gasteiger partial charge in [-0.25, -0.2) is 14.5 Å². The van der Waals surface area contributed by atoms with Gasteiger partial charge in [0.15, 0.2) is 4.96 Å². The molecule has 3 aromatic heterocycles. The molecule has 0 fully saturated rings. The standard InChI is InChI=1S/C18H13ClN4O3S/c1-11-15(16(19)23(21-11)13-5-3-2-4-6-13)17(25)26-10-12-9-14(24)22-7-8-27-18(22)20-12/h2-9H,10H2,1H3. The number of ether oxygens (including phenoxy) is 1. The first-order valence-electron chi connectivity index (χ1n) is 7.98. The molecule has 0 aliphatic carbocycles. The molecule has 1 aromatic carbocycles. The van der Waals surface area contributed by atoms with Gasteiger partial charge in [0.05, 0.1) is 17.1 Å². The molecule has 0 atom stereocenters. The average Bonchev–Trinajstić information content (AvgIpc) is 3.25. The third kappa shape index (κ3) is 3.24. The lowest BCUT2D eigenvalue weighted by atomic mass is 10.2. The molecule has 4 aromatic rings. The predicted molar refractivity (Wildman–Crippen MR) is 102 cm³/mol. The molecule has 7 nitrogen and oxygen atoms in total. The van der Waals surface area contributed by atoms with Gasteiger partial charge >= 0.3 is 5.97 Å². The quantitative estimate of drug-likeness (QED) is 0.491. The van der Waals surface area contributed by atoms with Crippen LogP contribution in [-0.2, 0) is 11.3 Å². The topological polar surface area (TPSA) is 78.5 Å². The van der Waals surface area contributed by atoms with Gasteiger partial charge in [0.2, 0.25) is 0 Å². The molecule has 136 valence electrons. The molecule has 0 spiro atoms. The third-order valence-corrected chi connectivity index (χ3v) is 5.02. The van der Waals surface area contributed by atoms with Crippen LogP contribution in [0.5, 0.6) is 0 Å². The van der Waals surface area contributed by atoms with Gasteiger partial charge in [0, 0.05) is 17.6 Å². The minimum absolute atomic E-state index is 0.130. The molecule has 0 saturated carbocycles. The zero-order valence-electron chi connectivity index (χ0n) is 14.1. The van der Waals surface area contributed by atoms with E-state index in [1.54, 1.807) is 18.5 Å². The first kappa shape index (κ1) is 17.4. The summed E-state index contributed by atoms with van der Waals surface area (Å²) in [4.78, 5) is 29.4. The van der Waals surface area contributed by atoms with E-state index in [1.165, 1.54) is 26.5 Å². The van der Waals surface area contributed by atoms with Gasteiger partial charge in [-0.3, -0.25) is 9.20 Å². The molecule has 9 heteroatoms. The van der Waals surface area contributed by atoms with Crippen LogP contribution in [0, 0.1) is 6.92 Å². The lowest BCUT2D eigenvalue weighted by molar-refractivity contribution is 0.0467. The average molecular weight is 401 g/mol. The second-order valence-electron chi connectivity index (χ2n) is 5.72. The smallest absolute Gasteiger partial charge is 0.343 e. The van der Waals surface area contributed by atoms with E-state index in [1.807, 2.05) is 30.3 Å². The molecule has 0 bridgehead atoms. The second-order valence-corrected chi connectivity index (χ2v) is 6.95. The monoisotopic (exact) mass is 400 g/mol. The van der Waals surface area contributed by atoms with E-state index in [0.29, 0.717) is 16.3 Å². The van der Waals surface area contributed by atoms with Gasteiger partial charge < -0.3 is 4.74 Å². The highest BCUT2D eigenvalue weighted by Crippen LogP contribution is 2.24. The van der Waals surface area contributed by atoms with Crippen molar-refractivity contribution in [1.29, 1.82) is 0 Å². The Kier molecular flexibility index (Phi) is 4.51. The summed E-state index contributed by atoms with van der Waals surface area (Å²) in [6.45, 7) is 1.55. The number of benzene rings is 1. The van der Waals surface area contributed by atoms with Crippen LogP contribution in [0.4, 0.5) is 0 Å². The number of nitrogens with zero attached hydrogens (tertiary/aromatic N) is 4. The van der Waals surface area contributed by atoms with Crippen molar-refractivity contribution in [3.63, 3.8) is 0 Å². The van der Waals surface area contributed by atoms with Crippen LogP contribution in [-0.4, -0.2) is 25.1 Å². The molecule has 0 unspecified atom stereocenters. The number of thiazole rings is 1. The highest BCUT2D eigenvalue weighted by atomic mass is 35.5. The summed E-state index contributed by atoms with van der Waals surface area (Å²) in [6, 6.07) is 10.6. The first-order valence-corrected chi connectivity index (χ1v) is 9.24. The molecule has 0 aliphatic rings. The Morgan fingerprint density at radius 1 is 1.30 bits per heavy atom. The fraction of sp³-hybridized carbons (Fsp3) is 0.111. The summed E-state index contributed by atoms with van der Waals surface area (Å²) in [5.74, 6) is -0.618. The highest BCUT2D eigenvalue weighted by molar-refractivity contribution is 7.15. The fourth-order valence-electron chi connectivity index (χ4n) is 2.64. The Hall–Kier alpha value is -2.97. The molecule has 27 heavy (non-hydrogen) atoms. The van der Waals surface area contributed by atoms with E-state index in [0.717, 1.165) is 5.69 Å². The maximum absolute atomic E-state index is 12.5. The van der Waals surface area contributed by atoms with Gasteiger partial charge in [-0.15, -0.1) is 11.3 Å². The van der Waals surface area contributed by atoms with Crippen molar-refractivity contribution >= 4 is 33.9 Å². The first-order chi connectivity index (χ1) is 13.0. The molecule has 0 N–H and O–H groups in total. The van der Waals surface area contributed by atoms with Crippen molar-refractivity contribution in [2.24, 2.45) is 0 Å². The third-order valence-electron chi connectivity index (χ3n) is 3.92. The van der Waals surface area contributed by atoms with Crippen molar-refractivity contribution in [2.75, 3.05) is 0 Å². The van der Waals surface area contributed by atoms with E-state index >= 15 is 0 Å². The Balaban J connectivity index is 1.58.